The number of carboxylic acids is 1. The Morgan fingerprint density at radius 3 is 2.50 bits per heavy atom. The van der Waals surface area contributed by atoms with Crippen LogP contribution in [0.5, 0.6) is 0 Å². The van der Waals surface area contributed by atoms with Crippen molar-refractivity contribution in [3.63, 3.8) is 0 Å². The lowest BCUT2D eigenvalue weighted by molar-refractivity contribution is -0.143. The summed E-state index contributed by atoms with van der Waals surface area (Å²) in [5.74, 6) is -1.38. The van der Waals surface area contributed by atoms with Crippen LogP contribution >= 0.6 is 0 Å². The number of anilines is 1. The first-order valence-corrected chi connectivity index (χ1v) is 9.22. The highest BCUT2D eigenvalue weighted by molar-refractivity contribution is 5.93. The summed E-state index contributed by atoms with van der Waals surface area (Å²) in [6, 6.07) is 3.71. The fraction of sp³-hybridized carbons (Fsp3) is 0.632. The van der Waals surface area contributed by atoms with E-state index in [2.05, 4.69) is 9.88 Å². The van der Waals surface area contributed by atoms with E-state index < -0.39 is 11.9 Å². The van der Waals surface area contributed by atoms with E-state index >= 15 is 0 Å². The van der Waals surface area contributed by atoms with Crippen LogP contribution in [0.15, 0.2) is 18.3 Å². The Morgan fingerprint density at radius 2 is 1.85 bits per heavy atom. The summed E-state index contributed by atoms with van der Waals surface area (Å²) in [4.78, 5) is 32.3. The van der Waals surface area contributed by atoms with Crippen molar-refractivity contribution in [3.8, 4) is 0 Å². The molecule has 7 heteroatoms. The molecule has 1 aromatic heterocycles. The summed E-state index contributed by atoms with van der Waals surface area (Å²) < 4.78 is 5.77. The first-order valence-electron chi connectivity index (χ1n) is 9.22. The monoisotopic (exact) mass is 361 g/mol. The molecule has 1 aromatic rings. The Kier molecular flexibility index (Phi) is 5.46. The highest BCUT2D eigenvalue weighted by Gasteiger charge is 2.33. The predicted octanol–water partition coefficient (Wildman–Crippen LogP) is 1.88. The number of nitrogens with zero attached hydrogens (tertiary/aromatic N) is 3. The standard InChI is InChI=1S/C19H27N3O4/c1-12-6-15(19(24)25)11-22(8-12)18(23)17-7-16(4-5-20-17)21-9-13(2)26-14(3)10-21/h4-5,7,12-15H,6,8-11H2,1-3H3,(H,24,25). The third kappa shape index (κ3) is 4.15. The molecule has 2 saturated heterocycles. The number of carbonyl (C=O) groups excluding carboxylic acids is 1. The molecule has 0 saturated carbocycles. The molecule has 4 unspecified atom stereocenters. The minimum absolute atomic E-state index is 0.130. The molecule has 0 radical (unpaired) electrons. The summed E-state index contributed by atoms with van der Waals surface area (Å²) >= 11 is 0. The Morgan fingerprint density at radius 1 is 1.15 bits per heavy atom. The highest BCUT2D eigenvalue weighted by atomic mass is 16.5. The van der Waals surface area contributed by atoms with Crippen LogP contribution in [0.4, 0.5) is 5.69 Å². The molecule has 0 bridgehead atoms. The van der Waals surface area contributed by atoms with Crippen LogP contribution in [0.25, 0.3) is 0 Å². The lowest BCUT2D eigenvalue weighted by Gasteiger charge is -2.37. The molecule has 0 aliphatic carbocycles. The lowest BCUT2D eigenvalue weighted by Crippen LogP contribution is -2.46. The number of ether oxygens (including phenoxy) is 1. The van der Waals surface area contributed by atoms with Gasteiger partial charge < -0.3 is 19.6 Å². The van der Waals surface area contributed by atoms with Gasteiger partial charge in [-0.2, -0.15) is 0 Å². The van der Waals surface area contributed by atoms with Crippen LogP contribution in [-0.4, -0.2) is 65.3 Å². The largest absolute Gasteiger partial charge is 0.481 e. The zero-order valence-electron chi connectivity index (χ0n) is 15.6. The molecule has 1 N–H and O–H groups in total. The number of amides is 1. The Hall–Kier alpha value is -2.15. The molecular weight excluding hydrogens is 334 g/mol. The van der Waals surface area contributed by atoms with E-state index in [9.17, 15) is 14.7 Å². The van der Waals surface area contributed by atoms with Crippen LogP contribution in [0.3, 0.4) is 0 Å². The van der Waals surface area contributed by atoms with E-state index in [0.717, 1.165) is 18.8 Å². The van der Waals surface area contributed by atoms with Gasteiger partial charge in [0.05, 0.1) is 18.1 Å². The summed E-state index contributed by atoms with van der Waals surface area (Å²) in [5, 5.41) is 9.32. The minimum atomic E-state index is -0.840. The SMILES string of the molecule is CC1CC(C(=O)O)CN(C(=O)c2cc(N3CC(C)OC(C)C3)ccn2)C1. The molecule has 1 amide bonds. The van der Waals surface area contributed by atoms with E-state index in [1.54, 1.807) is 11.1 Å². The van der Waals surface area contributed by atoms with Crippen molar-refractivity contribution in [2.75, 3.05) is 31.1 Å². The number of likely N-dealkylation sites (tertiary alicyclic amines) is 1. The van der Waals surface area contributed by atoms with E-state index in [0.29, 0.717) is 18.7 Å². The third-order valence-electron chi connectivity index (χ3n) is 5.04. The lowest BCUT2D eigenvalue weighted by atomic mass is 9.90. The average Bonchev–Trinajstić information content (AvgIpc) is 2.59. The van der Waals surface area contributed by atoms with Crippen LogP contribution in [-0.2, 0) is 9.53 Å². The van der Waals surface area contributed by atoms with E-state index in [-0.39, 0.29) is 30.6 Å². The van der Waals surface area contributed by atoms with Gasteiger partial charge >= 0.3 is 5.97 Å². The Balaban J connectivity index is 1.77. The second kappa shape index (κ2) is 7.61. The van der Waals surface area contributed by atoms with Crippen LogP contribution in [0, 0.1) is 11.8 Å². The van der Waals surface area contributed by atoms with Crippen LogP contribution in [0.2, 0.25) is 0 Å². The van der Waals surface area contributed by atoms with Crippen LogP contribution in [0.1, 0.15) is 37.7 Å². The highest BCUT2D eigenvalue weighted by Crippen LogP contribution is 2.25. The van der Waals surface area contributed by atoms with Crippen molar-refractivity contribution in [2.24, 2.45) is 11.8 Å². The number of carbonyl (C=O) groups is 2. The molecule has 7 nitrogen and oxygen atoms in total. The van der Waals surface area contributed by atoms with Gasteiger partial charge in [-0.15, -0.1) is 0 Å². The van der Waals surface area contributed by atoms with Gasteiger partial charge in [0.15, 0.2) is 0 Å². The predicted molar refractivity (Wildman–Crippen MR) is 97.3 cm³/mol. The number of carboxylic acid groups (broad SMARTS) is 1. The molecule has 3 rings (SSSR count). The van der Waals surface area contributed by atoms with Gasteiger partial charge in [-0.05, 0) is 38.3 Å². The number of rotatable bonds is 3. The summed E-state index contributed by atoms with van der Waals surface area (Å²) in [6.45, 7) is 8.41. The summed E-state index contributed by atoms with van der Waals surface area (Å²) in [5.41, 5.74) is 1.32. The first kappa shape index (κ1) is 18.6. The normalized spacial score (nSPS) is 29.5. The topological polar surface area (TPSA) is 83.0 Å². The maximum atomic E-state index is 12.9. The van der Waals surface area contributed by atoms with Gasteiger partial charge in [-0.25, -0.2) is 0 Å². The number of hydrogen-bond donors (Lipinski definition) is 1. The second-order valence-electron chi connectivity index (χ2n) is 7.65. The molecule has 142 valence electrons. The van der Waals surface area contributed by atoms with Gasteiger partial charge in [-0.3, -0.25) is 14.6 Å². The number of aliphatic carboxylic acids is 1. The molecule has 0 spiro atoms. The fourth-order valence-corrected chi connectivity index (χ4v) is 3.98. The van der Waals surface area contributed by atoms with Gasteiger partial charge in [0.1, 0.15) is 5.69 Å². The van der Waals surface area contributed by atoms with E-state index in [1.807, 2.05) is 32.9 Å². The van der Waals surface area contributed by atoms with Gasteiger partial charge in [-0.1, -0.05) is 6.92 Å². The quantitative estimate of drug-likeness (QED) is 0.885. The maximum Gasteiger partial charge on any atom is 0.308 e. The van der Waals surface area contributed by atoms with Crippen molar-refractivity contribution in [3.05, 3.63) is 24.0 Å². The zero-order chi connectivity index (χ0) is 18.8. The van der Waals surface area contributed by atoms with Gasteiger partial charge in [0.2, 0.25) is 0 Å². The second-order valence-corrected chi connectivity index (χ2v) is 7.65. The van der Waals surface area contributed by atoms with Crippen LogP contribution < -0.4 is 4.90 Å². The molecule has 2 aliphatic heterocycles. The van der Waals surface area contributed by atoms with Crippen molar-refractivity contribution in [1.82, 2.24) is 9.88 Å². The van der Waals surface area contributed by atoms with Crippen molar-refractivity contribution >= 4 is 17.6 Å². The number of aromatic nitrogens is 1. The Labute approximate surface area is 153 Å². The first-order chi connectivity index (χ1) is 12.3. The molecule has 4 atom stereocenters. The number of morpholine rings is 1. The van der Waals surface area contributed by atoms with Gasteiger partial charge in [0.25, 0.3) is 5.91 Å². The van der Waals surface area contributed by atoms with E-state index in [1.165, 1.54) is 0 Å². The van der Waals surface area contributed by atoms with Crippen molar-refractivity contribution < 1.29 is 19.4 Å². The van der Waals surface area contributed by atoms with Crippen molar-refractivity contribution in [2.45, 2.75) is 39.4 Å². The number of hydrogen-bond acceptors (Lipinski definition) is 5. The maximum absolute atomic E-state index is 12.9. The third-order valence-corrected chi connectivity index (χ3v) is 5.04. The molecule has 2 fully saturated rings. The average molecular weight is 361 g/mol. The molecule has 0 aromatic carbocycles. The van der Waals surface area contributed by atoms with E-state index in [4.69, 9.17) is 4.74 Å². The molecule has 2 aliphatic rings. The molecule has 3 heterocycles. The summed E-state index contributed by atoms with van der Waals surface area (Å²) in [7, 11) is 0. The Bertz CT molecular complexity index is 671. The molecular formula is C19H27N3O4. The van der Waals surface area contributed by atoms with Gasteiger partial charge in [0, 0.05) is 38.1 Å². The number of piperidine rings is 1. The number of pyridine rings is 1. The fourth-order valence-electron chi connectivity index (χ4n) is 3.98. The smallest absolute Gasteiger partial charge is 0.308 e. The minimum Gasteiger partial charge on any atom is -0.481 e. The zero-order valence-corrected chi connectivity index (χ0v) is 15.6. The summed E-state index contributed by atoms with van der Waals surface area (Å²) in [6.07, 6.45) is 2.52. The molecule has 26 heavy (non-hydrogen) atoms. The van der Waals surface area contributed by atoms with Crippen molar-refractivity contribution in [1.29, 1.82) is 0 Å².